The van der Waals surface area contributed by atoms with E-state index in [0.717, 1.165) is 11.3 Å². The Labute approximate surface area is 143 Å². The molecule has 1 aromatic heterocycles. The van der Waals surface area contributed by atoms with Gasteiger partial charge < -0.3 is 10.6 Å². The van der Waals surface area contributed by atoms with Crippen molar-refractivity contribution in [3.05, 3.63) is 47.4 Å². The molecule has 0 radical (unpaired) electrons. The molecule has 5 heteroatoms. The van der Waals surface area contributed by atoms with E-state index in [1.165, 1.54) is 11.9 Å². The zero-order chi connectivity index (χ0) is 17.9. The Bertz CT molecular complexity index is 732. The van der Waals surface area contributed by atoms with Crippen molar-refractivity contribution in [2.75, 3.05) is 5.32 Å². The van der Waals surface area contributed by atoms with E-state index in [-0.39, 0.29) is 11.4 Å². The van der Waals surface area contributed by atoms with Gasteiger partial charge in [0.1, 0.15) is 17.8 Å². The molecule has 1 heterocycles. The van der Waals surface area contributed by atoms with Crippen LogP contribution >= 0.6 is 0 Å². The van der Waals surface area contributed by atoms with Gasteiger partial charge >= 0.3 is 0 Å². The molecule has 2 aromatic rings. The zero-order valence-electron chi connectivity index (χ0n) is 15.3. The fraction of sp³-hybridized carbons (Fsp3) is 0.421. The molecule has 0 aliphatic heterocycles. The van der Waals surface area contributed by atoms with Gasteiger partial charge in [-0.1, -0.05) is 32.0 Å². The number of para-hydroxylation sites is 1. The minimum absolute atomic E-state index is 0.207. The van der Waals surface area contributed by atoms with Crippen LogP contribution in [-0.2, 0) is 0 Å². The maximum absolute atomic E-state index is 12.3. The van der Waals surface area contributed by atoms with Gasteiger partial charge in [0.2, 0.25) is 0 Å². The number of benzene rings is 1. The number of rotatable bonds is 4. The molecule has 5 nitrogen and oxygen atoms in total. The molecule has 0 saturated heterocycles. The first-order chi connectivity index (χ1) is 11.2. The Kier molecular flexibility index (Phi) is 5.22. The highest BCUT2D eigenvalue weighted by Crippen LogP contribution is 2.29. The summed E-state index contributed by atoms with van der Waals surface area (Å²) in [5.74, 6) is 0.792. The normalized spacial score (nSPS) is 11.5. The number of anilines is 2. The molecule has 1 aromatic carbocycles. The van der Waals surface area contributed by atoms with Gasteiger partial charge in [0.15, 0.2) is 0 Å². The van der Waals surface area contributed by atoms with E-state index in [2.05, 4.69) is 59.6 Å². The zero-order valence-corrected chi connectivity index (χ0v) is 15.3. The number of hydrogen-bond donors (Lipinski definition) is 2. The van der Waals surface area contributed by atoms with Gasteiger partial charge in [0.25, 0.3) is 5.91 Å². The van der Waals surface area contributed by atoms with Crippen LogP contribution in [0.2, 0.25) is 0 Å². The molecule has 0 atom stereocenters. The summed E-state index contributed by atoms with van der Waals surface area (Å²) in [5.41, 5.74) is 3.43. The summed E-state index contributed by atoms with van der Waals surface area (Å²) in [6.07, 6.45) is 1.41. The van der Waals surface area contributed by atoms with Crippen LogP contribution in [0.3, 0.4) is 0 Å². The van der Waals surface area contributed by atoms with Gasteiger partial charge in [-0.15, -0.1) is 0 Å². The van der Waals surface area contributed by atoms with Crippen molar-refractivity contribution >= 4 is 17.4 Å². The van der Waals surface area contributed by atoms with Gasteiger partial charge in [-0.3, -0.25) is 4.79 Å². The summed E-state index contributed by atoms with van der Waals surface area (Å²) < 4.78 is 0. The van der Waals surface area contributed by atoms with E-state index < -0.39 is 0 Å². The first kappa shape index (κ1) is 17.9. The molecule has 128 valence electrons. The van der Waals surface area contributed by atoms with Gasteiger partial charge in [-0.05, 0) is 44.7 Å². The fourth-order valence-electron chi connectivity index (χ4n) is 2.42. The van der Waals surface area contributed by atoms with Crippen LogP contribution in [0.15, 0.2) is 30.6 Å². The lowest BCUT2D eigenvalue weighted by atomic mass is 9.98. The van der Waals surface area contributed by atoms with E-state index in [9.17, 15) is 4.79 Å². The summed E-state index contributed by atoms with van der Waals surface area (Å²) >= 11 is 0. The predicted molar refractivity (Wildman–Crippen MR) is 97.8 cm³/mol. The standard InChI is InChI=1S/C19H26N4O/c1-12(2)14-9-7-8-13(3)17(14)22-16-10-15(20-11-21-16)18(24)23-19(4,5)6/h7-12H,1-6H3,(H,23,24)(H,20,21,22). The number of hydrogen-bond acceptors (Lipinski definition) is 4. The van der Waals surface area contributed by atoms with Gasteiger partial charge in [-0.25, -0.2) is 9.97 Å². The Morgan fingerprint density at radius 2 is 1.88 bits per heavy atom. The van der Waals surface area contributed by atoms with E-state index in [0.29, 0.717) is 17.4 Å². The third kappa shape index (κ3) is 4.54. The average Bonchev–Trinajstić information content (AvgIpc) is 2.47. The Morgan fingerprint density at radius 1 is 1.17 bits per heavy atom. The van der Waals surface area contributed by atoms with Crippen LogP contribution in [0.5, 0.6) is 0 Å². The number of aromatic nitrogens is 2. The second-order valence-corrected chi connectivity index (χ2v) is 7.31. The molecular weight excluding hydrogens is 300 g/mol. The lowest BCUT2D eigenvalue weighted by molar-refractivity contribution is 0.0914. The highest BCUT2D eigenvalue weighted by atomic mass is 16.2. The van der Waals surface area contributed by atoms with Crippen molar-refractivity contribution in [1.29, 1.82) is 0 Å². The molecule has 0 aliphatic rings. The molecule has 24 heavy (non-hydrogen) atoms. The molecule has 0 unspecified atom stereocenters. The number of amides is 1. The molecule has 0 aliphatic carbocycles. The maximum atomic E-state index is 12.3. The summed E-state index contributed by atoms with van der Waals surface area (Å²) in [5, 5.41) is 6.26. The molecule has 2 rings (SSSR count). The maximum Gasteiger partial charge on any atom is 0.270 e. The quantitative estimate of drug-likeness (QED) is 0.884. The summed E-state index contributed by atoms with van der Waals surface area (Å²) in [6.45, 7) is 12.2. The second kappa shape index (κ2) is 6.99. The molecular formula is C19H26N4O. The highest BCUT2D eigenvalue weighted by Gasteiger charge is 2.17. The lowest BCUT2D eigenvalue weighted by Crippen LogP contribution is -2.40. The van der Waals surface area contributed by atoms with E-state index in [1.807, 2.05) is 20.8 Å². The Morgan fingerprint density at radius 3 is 2.50 bits per heavy atom. The van der Waals surface area contributed by atoms with E-state index >= 15 is 0 Å². The van der Waals surface area contributed by atoms with Gasteiger partial charge in [0, 0.05) is 17.3 Å². The number of nitrogens with one attached hydrogen (secondary N) is 2. The van der Waals surface area contributed by atoms with Crippen molar-refractivity contribution in [3.63, 3.8) is 0 Å². The molecule has 0 saturated carbocycles. The number of carbonyl (C=O) groups excluding carboxylic acids is 1. The lowest BCUT2D eigenvalue weighted by Gasteiger charge is -2.20. The highest BCUT2D eigenvalue weighted by molar-refractivity contribution is 5.93. The van der Waals surface area contributed by atoms with Crippen LogP contribution < -0.4 is 10.6 Å². The smallest absolute Gasteiger partial charge is 0.270 e. The number of nitrogens with zero attached hydrogens (tertiary/aromatic N) is 2. The Balaban J connectivity index is 2.30. The molecule has 0 bridgehead atoms. The molecule has 2 N–H and O–H groups in total. The van der Waals surface area contributed by atoms with E-state index in [4.69, 9.17) is 0 Å². The van der Waals surface area contributed by atoms with Gasteiger partial charge in [-0.2, -0.15) is 0 Å². The van der Waals surface area contributed by atoms with Crippen LogP contribution in [0.1, 0.15) is 62.2 Å². The van der Waals surface area contributed by atoms with Crippen molar-refractivity contribution in [3.8, 4) is 0 Å². The third-order valence-electron chi connectivity index (χ3n) is 3.57. The fourth-order valence-corrected chi connectivity index (χ4v) is 2.42. The Hall–Kier alpha value is -2.43. The minimum Gasteiger partial charge on any atom is -0.346 e. The van der Waals surface area contributed by atoms with Crippen LogP contribution in [0.4, 0.5) is 11.5 Å². The molecule has 0 fully saturated rings. The topological polar surface area (TPSA) is 66.9 Å². The SMILES string of the molecule is Cc1cccc(C(C)C)c1Nc1cc(C(=O)NC(C)(C)C)ncn1. The first-order valence-electron chi connectivity index (χ1n) is 8.18. The monoisotopic (exact) mass is 326 g/mol. The molecule has 0 spiro atoms. The van der Waals surface area contributed by atoms with Crippen molar-refractivity contribution < 1.29 is 4.79 Å². The van der Waals surface area contributed by atoms with Gasteiger partial charge in [0.05, 0.1) is 0 Å². The van der Waals surface area contributed by atoms with Crippen molar-refractivity contribution in [2.45, 2.75) is 53.0 Å². The van der Waals surface area contributed by atoms with Crippen molar-refractivity contribution in [2.24, 2.45) is 0 Å². The number of aryl methyl sites for hydroxylation is 1. The largest absolute Gasteiger partial charge is 0.346 e. The second-order valence-electron chi connectivity index (χ2n) is 7.31. The predicted octanol–water partition coefficient (Wildman–Crippen LogP) is 4.18. The summed E-state index contributed by atoms with van der Waals surface area (Å²) in [6, 6.07) is 7.90. The van der Waals surface area contributed by atoms with Crippen LogP contribution in [0.25, 0.3) is 0 Å². The van der Waals surface area contributed by atoms with Crippen molar-refractivity contribution in [1.82, 2.24) is 15.3 Å². The average molecular weight is 326 g/mol. The van der Waals surface area contributed by atoms with Crippen LogP contribution in [-0.4, -0.2) is 21.4 Å². The molecule has 1 amide bonds. The summed E-state index contributed by atoms with van der Waals surface area (Å²) in [4.78, 5) is 20.6. The minimum atomic E-state index is -0.309. The summed E-state index contributed by atoms with van der Waals surface area (Å²) in [7, 11) is 0. The third-order valence-corrected chi connectivity index (χ3v) is 3.57. The first-order valence-corrected chi connectivity index (χ1v) is 8.18. The number of carbonyl (C=O) groups is 1. The van der Waals surface area contributed by atoms with E-state index in [1.54, 1.807) is 6.07 Å². The van der Waals surface area contributed by atoms with Crippen LogP contribution in [0, 0.1) is 6.92 Å².